The molecule has 1 unspecified atom stereocenters. The topological polar surface area (TPSA) is 75.4 Å². The number of anilines is 1. The van der Waals surface area contributed by atoms with E-state index in [1.165, 1.54) is 11.4 Å². The van der Waals surface area contributed by atoms with E-state index in [0.717, 1.165) is 18.4 Å². The molecule has 6 heteroatoms. The Kier molecular flexibility index (Phi) is 3.37. The minimum Gasteiger partial charge on any atom is -0.324 e. The summed E-state index contributed by atoms with van der Waals surface area (Å²) in [5, 5.41) is 0. The summed E-state index contributed by atoms with van der Waals surface area (Å²) in [6, 6.07) is 7.31. The molecule has 1 aromatic rings. The zero-order chi connectivity index (χ0) is 12.5. The monoisotopic (exact) mass is 255 g/mol. The average Bonchev–Trinajstić information content (AvgIpc) is 2.50. The quantitative estimate of drug-likeness (QED) is 0.819. The van der Waals surface area contributed by atoms with Gasteiger partial charge in [0.15, 0.2) is 0 Å². The van der Waals surface area contributed by atoms with E-state index in [2.05, 4.69) is 4.72 Å². The number of benzene rings is 1. The van der Waals surface area contributed by atoms with Crippen molar-refractivity contribution in [1.29, 1.82) is 0 Å². The van der Waals surface area contributed by atoms with Crippen molar-refractivity contribution in [1.82, 2.24) is 4.72 Å². The van der Waals surface area contributed by atoms with E-state index >= 15 is 0 Å². The van der Waals surface area contributed by atoms with Crippen LogP contribution < -0.4 is 14.8 Å². The first kappa shape index (κ1) is 12.3. The Morgan fingerprint density at radius 1 is 1.41 bits per heavy atom. The molecule has 94 valence electrons. The van der Waals surface area contributed by atoms with Crippen molar-refractivity contribution in [3.63, 3.8) is 0 Å². The van der Waals surface area contributed by atoms with Crippen molar-refractivity contribution in [3.8, 4) is 0 Å². The van der Waals surface area contributed by atoms with Gasteiger partial charge in [-0.25, -0.2) is 4.72 Å². The van der Waals surface area contributed by atoms with Crippen LogP contribution in [-0.2, 0) is 10.2 Å². The molecule has 0 aliphatic carbocycles. The summed E-state index contributed by atoms with van der Waals surface area (Å²) in [4.78, 5) is 0. The second-order valence-electron chi connectivity index (χ2n) is 4.09. The molecule has 0 radical (unpaired) electrons. The van der Waals surface area contributed by atoms with Crippen molar-refractivity contribution in [3.05, 3.63) is 29.8 Å². The first-order chi connectivity index (χ1) is 8.06. The van der Waals surface area contributed by atoms with Crippen LogP contribution in [0.1, 0.15) is 24.4 Å². The van der Waals surface area contributed by atoms with Crippen LogP contribution in [0.4, 0.5) is 5.69 Å². The van der Waals surface area contributed by atoms with Crippen molar-refractivity contribution < 1.29 is 8.42 Å². The lowest BCUT2D eigenvalue weighted by Crippen LogP contribution is -2.39. The second kappa shape index (κ2) is 4.64. The van der Waals surface area contributed by atoms with E-state index in [9.17, 15) is 8.42 Å². The molecule has 1 aliphatic rings. The Morgan fingerprint density at radius 2 is 2.12 bits per heavy atom. The highest BCUT2D eigenvalue weighted by Gasteiger charge is 2.27. The maximum atomic E-state index is 12.0. The van der Waals surface area contributed by atoms with E-state index < -0.39 is 10.2 Å². The summed E-state index contributed by atoms with van der Waals surface area (Å²) in [5.74, 6) is 0. The van der Waals surface area contributed by atoms with Gasteiger partial charge in [-0.15, -0.1) is 0 Å². The molecule has 3 N–H and O–H groups in total. The molecule has 2 rings (SSSR count). The first-order valence-electron chi connectivity index (χ1n) is 5.62. The molecule has 0 bridgehead atoms. The lowest BCUT2D eigenvalue weighted by molar-refractivity contribution is 0.579. The third-order valence-corrected chi connectivity index (χ3v) is 4.50. The highest BCUT2D eigenvalue weighted by atomic mass is 32.2. The summed E-state index contributed by atoms with van der Waals surface area (Å²) in [7, 11) is -2.03. The molecule has 5 nitrogen and oxygen atoms in total. The molecular weight excluding hydrogens is 238 g/mol. The third-order valence-electron chi connectivity index (χ3n) is 3.03. The maximum Gasteiger partial charge on any atom is 0.301 e. The minimum atomic E-state index is -3.45. The number of hydrogen-bond acceptors (Lipinski definition) is 3. The Morgan fingerprint density at radius 3 is 2.82 bits per heavy atom. The molecule has 0 saturated heterocycles. The molecule has 1 aromatic carbocycles. The normalized spacial score (nSPS) is 20.8. The number of hydrogen-bond donors (Lipinski definition) is 2. The molecule has 0 fully saturated rings. The van der Waals surface area contributed by atoms with E-state index in [1.807, 2.05) is 18.2 Å². The summed E-state index contributed by atoms with van der Waals surface area (Å²) in [6.45, 7) is 0.466. The van der Waals surface area contributed by atoms with Crippen molar-refractivity contribution >= 4 is 15.9 Å². The van der Waals surface area contributed by atoms with Crippen LogP contribution in [0.25, 0.3) is 0 Å². The number of rotatable bonds is 2. The summed E-state index contributed by atoms with van der Waals surface area (Å²) in [6.07, 6.45) is 1.56. The van der Waals surface area contributed by atoms with Gasteiger partial charge >= 0.3 is 10.2 Å². The lowest BCUT2D eigenvalue weighted by Gasteiger charge is -2.24. The van der Waals surface area contributed by atoms with Gasteiger partial charge in [-0.3, -0.25) is 4.31 Å². The molecule has 1 atom stereocenters. The van der Waals surface area contributed by atoms with Crippen LogP contribution >= 0.6 is 0 Å². The smallest absolute Gasteiger partial charge is 0.301 e. The zero-order valence-electron chi connectivity index (χ0n) is 9.76. The number of nitrogens with two attached hydrogens (primary N) is 1. The van der Waals surface area contributed by atoms with Gasteiger partial charge in [-0.2, -0.15) is 8.42 Å². The molecule has 0 aromatic heterocycles. The third kappa shape index (κ3) is 2.29. The molecular formula is C11H17N3O2S. The first-order valence-corrected chi connectivity index (χ1v) is 7.06. The predicted octanol–water partition coefficient (Wildman–Crippen LogP) is 0.751. The number of para-hydroxylation sites is 1. The highest BCUT2D eigenvalue weighted by Crippen LogP contribution is 2.32. The van der Waals surface area contributed by atoms with E-state index in [1.54, 1.807) is 6.07 Å². The van der Waals surface area contributed by atoms with Crippen LogP contribution in [0, 0.1) is 0 Å². The fourth-order valence-corrected chi connectivity index (χ4v) is 3.13. The van der Waals surface area contributed by atoms with Crippen molar-refractivity contribution in [2.75, 3.05) is 17.9 Å². The summed E-state index contributed by atoms with van der Waals surface area (Å²) < 4.78 is 27.7. The Bertz CT molecular complexity index is 501. The Labute approximate surface area is 102 Å². The van der Waals surface area contributed by atoms with Crippen molar-refractivity contribution in [2.45, 2.75) is 18.9 Å². The molecule has 0 amide bonds. The SMILES string of the molecule is CNS(=O)(=O)N1CCCC(N)c2ccccc21. The standard InChI is InChI=1S/C11H17N3O2S/c1-13-17(15,16)14-8-4-6-10(12)9-5-2-3-7-11(9)14/h2-3,5,7,10,13H,4,6,8,12H2,1H3. The Hall–Kier alpha value is -1.11. The van der Waals surface area contributed by atoms with E-state index in [4.69, 9.17) is 5.73 Å². The number of nitrogens with one attached hydrogen (secondary N) is 1. The van der Waals surface area contributed by atoms with Gasteiger partial charge in [0.1, 0.15) is 0 Å². The molecule has 1 aliphatic heterocycles. The summed E-state index contributed by atoms with van der Waals surface area (Å²) >= 11 is 0. The zero-order valence-corrected chi connectivity index (χ0v) is 10.6. The van der Waals surface area contributed by atoms with E-state index in [-0.39, 0.29) is 6.04 Å². The molecule has 17 heavy (non-hydrogen) atoms. The summed E-state index contributed by atoms with van der Waals surface area (Å²) in [5.41, 5.74) is 7.63. The van der Waals surface area contributed by atoms with Gasteiger partial charge < -0.3 is 5.73 Å². The van der Waals surface area contributed by atoms with Gasteiger partial charge in [-0.1, -0.05) is 18.2 Å². The van der Waals surface area contributed by atoms with E-state index in [0.29, 0.717) is 12.2 Å². The van der Waals surface area contributed by atoms with Crippen LogP contribution in [0.2, 0.25) is 0 Å². The average molecular weight is 255 g/mol. The number of nitrogens with zero attached hydrogens (tertiary/aromatic N) is 1. The Balaban J connectivity index is 2.53. The highest BCUT2D eigenvalue weighted by molar-refractivity contribution is 7.90. The fraction of sp³-hybridized carbons (Fsp3) is 0.455. The molecule has 0 spiro atoms. The van der Waals surface area contributed by atoms with Gasteiger partial charge in [-0.05, 0) is 24.5 Å². The maximum absolute atomic E-state index is 12.0. The largest absolute Gasteiger partial charge is 0.324 e. The number of fused-ring (bicyclic) bond motifs is 1. The fourth-order valence-electron chi connectivity index (χ4n) is 2.12. The van der Waals surface area contributed by atoms with Crippen LogP contribution in [-0.4, -0.2) is 22.0 Å². The van der Waals surface area contributed by atoms with Crippen LogP contribution in [0.15, 0.2) is 24.3 Å². The lowest BCUT2D eigenvalue weighted by atomic mass is 10.0. The van der Waals surface area contributed by atoms with Gasteiger partial charge in [0, 0.05) is 19.6 Å². The predicted molar refractivity (Wildman–Crippen MR) is 67.9 cm³/mol. The molecule has 1 heterocycles. The van der Waals surface area contributed by atoms with Crippen molar-refractivity contribution in [2.24, 2.45) is 5.73 Å². The van der Waals surface area contributed by atoms with Gasteiger partial charge in [0.2, 0.25) is 0 Å². The van der Waals surface area contributed by atoms with Gasteiger partial charge in [0.25, 0.3) is 0 Å². The minimum absolute atomic E-state index is 0.0942. The second-order valence-corrected chi connectivity index (χ2v) is 5.89. The van der Waals surface area contributed by atoms with Crippen LogP contribution in [0.5, 0.6) is 0 Å². The van der Waals surface area contributed by atoms with Crippen LogP contribution in [0.3, 0.4) is 0 Å². The van der Waals surface area contributed by atoms with Gasteiger partial charge in [0.05, 0.1) is 5.69 Å². The molecule has 0 saturated carbocycles.